The van der Waals surface area contributed by atoms with E-state index in [4.69, 9.17) is 0 Å². The van der Waals surface area contributed by atoms with Crippen LogP contribution in [0.2, 0.25) is 0 Å². The fourth-order valence-corrected chi connectivity index (χ4v) is 16.8. The van der Waals surface area contributed by atoms with Gasteiger partial charge in [0.1, 0.15) is 0 Å². The second-order valence-electron chi connectivity index (χ2n) is 14.8. The van der Waals surface area contributed by atoms with Crippen molar-refractivity contribution in [3.05, 3.63) is 84.9 Å². The minimum absolute atomic E-state index is 0.0209. The monoisotopic (exact) mass is 646 g/mol. The Morgan fingerprint density at radius 2 is 0.652 bits per heavy atom. The van der Waals surface area contributed by atoms with Crippen molar-refractivity contribution in [2.75, 3.05) is 0 Å². The van der Waals surface area contributed by atoms with Gasteiger partial charge in [-0.25, -0.2) is 0 Å². The van der Waals surface area contributed by atoms with Crippen molar-refractivity contribution < 1.29 is 0 Å². The Morgan fingerprint density at radius 1 is 0.348 bits per heavy atom. The highest BCUT2D eigenvalue weighted by atomic mass is 31.1. The van der Waals surface area contributed by atoms with Crippen molar-refractivity contribution in [1.82, 2.24) is 0 Å². The summed E-state index contributed by atoms with van der Waals surface area (Å²) in [5.41, 5.74) is 3.89. The number of hydrogen-bond acceptors (Lipinski definition) is 0. The molecule has 0 amide bonds. The average molecular weight is 647 g/mol. The molecule has 0 bridgehead atoms. The van der Waals surface area contributed by atoms with Gasteiger partial charge in [-0.3, -0.25) is 0 Å². The van der Waals surface area contributed by atoms with Crippen LogP contribution >= 0.6 is 15.8 Å². The Hall–Kier alpha value is -1.74. The van der Waals surface area contributed by atoms with Gasteiger partial charge in [-0.15, -0.1) is 0 Å². The molecule has 0 spiro atoms. The molecule has 0 aromatic heterocycles. The van der Waals surface area contributed by atoms with E-state index in [9.17, 15) is 0 Å². The number of hydrogen-bond donors (Lipinski definition) is 0. The molecule has 4 aliphatic rings. The molecule has 0 unspecified atom stereocenters. The Morgan fingerprint density at radius 3 is 0.978 bits per heavy atom. The SMILES string of the molecule is [c]1c(P(C2CCCCC2)C2CCCCC2)ccc2ccccc12.[c]1c(P(C2CCCCC2)C2CCCCC2)ccc2ccccc12. The van der Waals surface area contributed by atoms with Crippen LogP contribution in [0, 0.1) is 12.1 Å². The van der Waals surface area contributed by atoms with Gasteiger partial charge in [-0.05, 0) is 118 Å². The van der Waals surface area contributed by atoms with E-state index < -0.39 is 0 Å². The fraction of sp³-hybridized carbons (Fsp3) is 0.545. The van der Waals surface area contributed by atoms with Crippen molar-refractivity contribution >= 4 is 48.0 Å². The van der Waals surface area contributed by atoms with Crippen LogP contribution in [0.1, 0.15) is 128 Å². The maximum absolute atomic E-state index is 3.85. The second kappa shape index (κ2) is 16.6. The van der Waals surface area contributed by atoms with Gasteiger partial charge >= 0.3 is 0 Å². The van der Waals surface area contributed by atoms with Crippen LogP contribution in [0.25, 0.3) is 21.5 Å². The van der Waals surface area contributed by atoms with Crippen molar-refractivity contribution in [3.8, 4) is 0 Å². The van der Waals surface area contributed by atoms with Crippen LogP contribution in [0.4, 0.5) is 0 Å². The summed E-state index contributed by atoms with van der Waals surface area (Å²) in [6.07, 6.45) is 29.4. The first kappa shape index (κ1) is 32.8. The summed E-state index contributed by atoms with van der Waals surface area (Å²) in [6.45, 7) is 0. The Labute approximate surface area is 283 Å². The zero-order chi connectivity index (χ0) is 31.0. The van der Waals surface area contributed by atoms with Crippen LogP contribution in [0.5, 0.6) is 0 Å². The van der Waals surface area contributed by atoms with E-state index in [-0.39, 0.29) is 15.8 Å². The summed E-state index contributed by atoms with van der Waals surface area (Å²) in [7, 11) is -0.0417. The highest BCUT2D eigenvalue weighted by molar-refractivity contribution is 7.67. The average Bonchev–Trinajstić information content (AvgIpc) is 3.14. The molecule has 0 N–H and O–H groups in total. The van der Waals surface area contributed by atoms with E-state index >= 15 is 0 Å². The van der Waals surface area contributed by atoms with Gasteiger partial charge in [0, 0.05) is 0 Å². The van der Waals surface area contributed by atoms with Gasteiger partial charge in [0.15, 0.2) is 0 Å². The lowest BCUT2D eigenvalue weighted by atomic mass is 9.99. The minimum atomic E-state index is -0.0209. The summed E-state index contributed by atoms with van der Waals surface area (Å²) < 4.78 is 0. The van der Waals surface area contributed by atoms with Crippen molar-refractivity contribution in [1.29, 1.82) is 0 Å². The Bertz CT molecular complexity index is 1350. The molecule has 2 radical (unpaired) electrons. The molecule has 4 saturated carbocycles. The van der Waals surface area contributed by atoms with Crippen LogP contribution in [0.15, 0.2) is 72.8 Å². The molecule has 0 aliphatic heterocycles. The molecule has 0 atom stereocenters. The van der Waals surface area contributed by atoms with E-state index in [2.05, 4.69) is 84.9 Å². The first-order chi connectivity index (χ1) is 22.8. The minimum Gasteiger partial charge on any atom is -0.0683 e. The van der Waals surface area contributed by atoms with Gasteiger partial charge in [0.25, 0.3) is 0 Å². The lowest BCUT2D eigenvalue weighted by Crippen LogP contribution is -2.26. The molecule has 46 heavy (non-hydrogen) atoms. The van der Waals surface area contributed by atoms with Crippen molar-refractivity contribution in [2.24, 2.45) is 0 Å². The van der Waals surface area contributed by atoms with E-state index in [1.165, 1.54) is 150 Å². The third-order valence-electron chi connectivity index (χ3n) is 11.7. The zero-order valence-electron chi connectivity index (χ0n) is 28.3. The zero-order valence-corrected chi connectivity index (χ0v) is 30.1. The number of fused-ring (bicyclic) bond motifs is 2. The predicted octanol–water partition coefficient (Wildman–Crippen LogP) is 12.8. The first-order valence-corrected chi connectivity index (χ1v) is 22.2. The molecule has 4 aromatic carbocycles. The summed E-state index contributed by atoms with van der Waals surface area (Å²) in [5.74, 6) is 0. The molecule has 2 heteroatoms. The highest BCUT2D eigenvalue weighted by Gasteiger charge is 2.33. The molecule has 0 nitrogen and oxygen atoms in total. The summed E-state index contributed by atoms with van der Waals surface area (Å²) in [4.78, 5) is 0. The van der Waals surface area contributed by atoms with E-state index in [0.717, 1.165) is 22.6 Å². The number of rotatable bonds is 6. The lowest BCUT2D eigenvalue weighted by molar-refractivity contribution is 0.487. The van der Waals surface area contributed by atoms with Crippen molar-refractivity contribution in [3.63, 3.8) is 0 Å². The molecule has 8 rings (SSSR count). The summed E-state index contributed by atoms with van der Waals surface area (Å²) in [5, 5.41) is 8.50. The van der Waals surface area contributed by atoms with Crippen LogP contribution in [-0.4, -0.2) is 22.6 Å². The Balaban J connectivity index is 0.000000147. The van der Waals surface area contributed by atoms with E-state index in [0.29, 0.717) is 0 Å². The summed E-state index contributed by atoms with van der Waals surface area (Å²) in [6, 6.07) is 34.8. The molecule has 0 saturated heterocycles. The Kier molecular flexibility index (Phi) is 11.8. The van der Waals surface area contributed by atoms with E-state index in [1.54, 1.807) is 10.6 Å². The van der Waals surface area contributed by atoms with Gasteiger partial charge < -0.3 is 0 Å². The standard InChI is InChI=1S/2C22H28P/c2*1-3-11-20(12-4-1)23(21-13-5-2-6-14-21)22-16-15-18-9-7-8-10-19(18)17-22/h2*7-10,15-16,20-21H,1-6,11-14H2. The molecular weight excluding hydrogens is 590 g/mol. The fourth-order valence-electron chi connectivity index (χ4n) is 9.33. The third kappa shape index (κ3) is 8.10. The van der Waals surface area contributed by atoms with Crippen LogP contribution in [-0.2, 0) is 0 Å². The van der Waals surface area contributed by atoms with Gasteiger partial charge in [0.05, 0.1) is 0 Å². The molecule has 242 valence electrons. The normalized spacial score (nSPS) is 21.1. The maximum atomic E-state index is 3.85. The largest absolute Gasteiger partial charge is 0.0683 e. The summed E-state index contributed by atoms with van der Waals surface area (Å²) >= 11 is 0. The predicted molar refractivity (Wildman–Crippen MR) is 206 cm³/mol. The van der Waals surface area contributed by atoms with E-state index in [1.807, 2.05) is 0 Å². The molecule has 4 fully saturated rings. The molecule has 0 heterocycles. The first-order valence-electron chi connectivity index (χ1n) is 19.2. The lowest BCUT2D eigenvalue weighted by Gasteiger charge is -2.38. The quantitative estimate of drug-likeness (QED) is 0.183. The van der Waals surface area contributed by atoms with Crippen LogP contribution < -0.4 is 10.6 Å². The smallest absolute Gasteiger partial charge is 0.00155 e. The van der Waals surface area contributed by atoms with Crippen molar-refractivity contribution in [2.45, 2.75) is 151 Å². The molecule has 4 aromatic rings. The molecule has 4 aliphatic carbocycles. The van der Waals surface area contributed by atoms with Gasteiger partial charge in [-0.1, -0.05) is 166 Å². The second-order valence-corrected chi connectivity index (χ2v) is 20.4. The molecular formula is C44H56P2. The van der Waals surface area contributed by atoms with Gasteiger partial charge in [-0.2, -0.15) is 0 Å². The number of benzene rings is 4. The third-order valence-corrected chi connectivity index (χ3v) is 18.6. The topological polar surface area (TPSA) is 0 Å². The van der Waals surface area contributed by atoms with Gasteiger partial charge in [0.2, 0.25) is 0 Å². The maximum Gasteiger partial charge on any atom is -0.00155 e. The highest BCUT2D eigenvalue weighted by Crippen LogP contribution is 2.56. The van der Waals surface area contributed by atoms with Crippen LogP contribution in [0.3, 0.4) is 0 Å².